The van der Waals surface area contributed by atoms with Crippen molar-refractivity contribution in [3.8, 4) is 6.07 Å². The standard InChI is InChI=1S/C9H7IN2O2/c1-14-9(13)7-3-6(10)2-5(4-11)8(7)12/h2-3H,12H2,1H3. The number of nitrogens with two attached hydrogens (primary N) is 1. The molecular weight excluding hydrogens is 295 g/mol. The molecule has 72 valence electrons. The second-order valence-corrected chi connectivity index (χ2v) is 3.76. The van der Waals surface area contributed by atoms with E-state index in [-0.39, 0.29) is 16.8 Å². The van der Waals surface area contributed by atoms with Crippen LogP contribution in [0, 0.1) is 14.9 Å². The molecule has 2 N–H and O–H groups in total. The summed E-state index contributed by atoms with van der Waals surface area (Å²) in [7, 11) is 1.27. The minimum absolute atomic E-state index is 0.166. The number of anilines is 1. The van der Waals surface area contributed by atoms with E-state index in [0.717, 1.165) is 3.57 Å². The summed E-state index contributed by atoms with van der Waals surface area (Å²) in [5, 5.41) is 8.74. The fraction of sp³-hybridized carbons (Fsp3) is 0.111. The maximum absolute atomic E-state index is 11.2. The first-order valence-corrected chi connectivity index (χ1v) is 4.75. The second-order valence-electron chi connectivity index (χ2n) is 2.52. The Morgan fingerprint density at radius 1 is 1.64 bits per heavy atom. The SMILES string of the molecule is COC(=O)c1cc(I)cc(C#N)c1N. The van der Waals surface area contributed by atoms with Crippen LogP contribution in [0.2, 0.25) is 0 Å². The monoisotopic (exact) mass is 302 g/mol. The van der Waals surface area contributed by atoms with Gasteiger partial charge in [0.2, 0.25) is 0 Å². The Morgan fingerprint density at radius 3 is 2.79 bits per heavy atom. The van der Waals surface area contributed by atoms with E-state index in [1.165, 1.54) is 7.11 Å². The van der Waals surface area contributed by atoms with Gasteiger partial charge in [0.1, 0.15) is 6.07 Å². The molecule has 0 bridgehead atoms. The molecule has 0 saturated carbocycles. The summed E-state index contributed by atoms with van der Waals surface area (Å²) in [6, 6.07) is 5.12. The number of rotatable bonds is 1. The number of nitrogens with zero attached hydrogens (tertiary/aromatic N) is 1. The van der Waals surface area contributed by atoms with E-state index < -0.39 is 5.97 Å². The van der Waals surface area contributed by atoms with Gasteiger partial charge >= 0.3 is 5.97 Å². The van der Waals surface area contributed by atoms with Crippen molar-refractivity contribution in [3.05, 3.63) is 26.8 Å². The maximum atomic E-state index is 11.2. The van der Waals surface area contributed by atoms with E-state index in [1.54, 1.807) is 12.1 Å². The van der Waals surface area contributed by atoms with Crippen LogP contribution in [0.1, 0.15) is 15.9 Å². The van der Waals surface area contributed by atoms with Crippen LogP contribution in [-0.4, -0.2) is 13.1 Å². The second kappa shape index (κ2) is 4.28. The van der Waals surface area contributed by atoms with Gasteiger partial charge in [-0.2, -0.15) is 5.26 Å². The van der Waals surface area contributed by atoms with E-state index in [2.05, 4.69) is 4.74 Å². The van der Waals surface area contributed by atoms with Crippen molar-refractivity contribution in [1.29, 1.82) is 5.26 Å². The van der Waals surface area contributed by atoms with Crippen LogP contribution >= 0.6 is 22.6 Å². The summed E-state index contributed by atoms with van der Waals surface area (Å²) in [5.74, 6) is -0.530. The van der Waals surface area contributed by atoms with E-state index >= 15 is 0 Å². The lowest BCUT2D eigenvalue weighted by atomic mass is 10.1. The highest BCUT2D eigenvalue weighted by Crippen LogP contribution is 2.21. The van der Waals surface area contributed by atoms with Crippen LogP contribution in [0.25, 0.3) is 0 Å². The third-order valence-electron chi connectivity index (χ3n) is 1.67. The van der Waals surface area contributed by atoms with Crippen LogP contribution in [0.3, 0.4) is 0 Å². The summed E-state index contributed by atoms with van der Waals surface area (Å²) in [6.07, 6.45) is 0. The number of halogens is 1. The number of nitrogen functional groups attached to an aromatic ring is 1. The summed E-state index contributed by atoms with van der Waals surface area (Å²) in [5.41, 5.74) is 6.30. The molecule has 0 spiro atoms. The Kier molecular flexibility index (Phi) is 3.30. The molecular formula is C9H7IN2O2. The van der Waals surface area contributed by atoms with Gasteiger partial charge < -0.3 is 10.5 Å². The van der Waals surface area contributed by atoms with Gasteiger partial charge in [-0.1, -0.05) is 0 Å². The lowest BCUT2D eigenvalue weighted by Crippen LogP contribution is -2.07. The maximum Gasteiger partial charge on any atom is 0.340 e. The fourth-order valence-electron chi connectivity index (χ4n) is 0.989. The Labute approximate surface area is 94.8 Å². The van der Waals surface area contributed by atoms with Crippen LogP contribution < -0.4 is 5.73 Å². The van der Waals surface area contributed by atoms with Crippen LogP contribution in [0.5, 0.6) is 0 Å². The lowest BCUT2D eigenvalue weighted by Gasteiger charge is -2.05. The Hall–Kier alpha value is -1.29. The van der Waals surface area contributed by atoms with Gasteiger partial charge in [0.15, 0.2) is 0 Å². The van der Waals surface area contributed by atoms with E-state index in [9.17, 15) is 4.79 Å². The Balaban J connectivity index is 3.38. The van der Waals surface area contributed by atoms with Crippen LogP contribution in [-0.2, 0) is 4.74 Å². The molecule has 14 heavy (non-hydrogen) atoms. The van der Waals surface area contributed by atoms with Crippen molar-refractivity contribution in [2.45, 2.75) is 0 Å². The van der Waals surface area contributed by atoms with Gasteiger partial charge in [-0.15, -0.1) is 0 Å². The lowest BCUT2D eigenvalue weighted by molar-refractivity contribution is 0.0602. The average molecular weight is 302 g/mol. The Morgan fingerprint density at radius 2 is 2.29 bits per heavy atom. The zero-order valence-electron chi connectivity index (χ0n) is 7.37. The van der Waals surface area contributed by atoms with Crippen molar-refractivity contribution in [3.63, 3.8) is 0 Å². The Bertz CT molecular complexity index is 424. The molecule has 0 saturated heterocycles. The number of nitriles is 1. The number of hydrogen-bond acceptors (Lipinski definition) is 4. The summed E-state index contributed by atoms with van der Waals surface area (Å²) >= 11 is 2.01. The van der Waals surface area contributed by atoms with Crippen molar-refractivity contribution in [2.75, 3.05) is 12.8 Å². The third kappa shape index (κ3) is 1.96. The number of carbonyl (C=O) groups excluding carboxylic acids is 1. The van der Waals surface area contributed by atoms with E-state index in [4.69, 9.17) is 11.0 Å². The summed E-state index contributed by atoms with van der Waals surface area (Å²) in [4.78, 5) is 11.2. The number of benzene rings is 1. The highest BCUT2D eigenvalue weighted by Gasteiger charge is 2.14. The number of carbonyl (C=O) groups is 1. The number of ether oxygens (including phenoxy) is 1. The van der Waals surface area contributed by atoms with Gasteiger partial charge in [-0.05, 0) is 34.7 Å². The number of hydrogen-bond donors (Lipinski definition) is 1. The van der Waals surface area contributed by atoms with Crippen molar-refractivity contribution in [1.82, 2.24) is 0 Å². The zero-order chi connectivity index (χ0) is 10.7. The minimum Gasteiger partial charge on any atom is -0.465 e. The molecule has 0 fully saturated rings. The highest BCUT2D eigenvalue weighted by molar-refractivity contribution is 14.1. The zero-order valence-corrected chi connectivity index (χ0v) is 9.53. The summed E-state index contributed by atoms with van der Waals surface area (Å²) < 4.78 is 5.31. The van der Waals surface area contributed by atoms with Crippen LogP contribution in [0.15, 0.2) is 12.1 Å². The van der Waals surface area contributed by atoms with E-state index in [0.29, 0.717) is 0 Å². The first-order chi connectivity index (χ1) is 6.60. The average Bonchev–Trinajstić information content (AvgIpc) is 2.19. The molecule has 0 aromatic heterocycles. The minimum atomic E-state index is -0.530. The smallest absolute Gasteiger partial charge is 0.340 e. The first-order valence-electron chi connectivity index (χ1n) is 3.67. The molecule has 4 nitrogen and oxygen atoms in total. The topological polar surface area (TPSA) is 76.1 Å². The molecule has 1 aromatic rings. The normalized spacial score (nSPS) is 9.21. The van der Waals surface area contributed by atoms with Crippen molar-refractivity contribution < 1.29 is 9.53 Å². The number of methoxy groups -OCH3 is 1. The molecule has 0 heterocycles. The molecule has 0 aliphatic rings. The van der Waals surface area contributed by atoms with Crippen molar-refractivity contribution in [2.24, 2.45) is 0 Å². The summed E-state index contributed by atoms with van der Waals surface area (Å²) in [6.45, 7) is 0. The highest BCUT2D eigenvalue weighted by atomic mass is 127. The predicted molar refractivity (Wildman–Crippen MR) is 59.6 cm³/mol. The van der Waals surface area contributed by atoms with Gasteiger partial charge in [-0.25, -0.2) is 4.79 Å². The molecule has 1 rings (SSSR count). The third-order valence-corrected chi connectivity index (χ3v) is 2.29. The molecule has 0 unspecified atom stereocenters. The molecule has 0 amide bonds. The molecule has 0 atom stereocenters. The van der Waals surface area contributed by atoms with Gasteiger partial charge in [0.05, 0.1) is 23.9 Å². The van der Waals surface area contributed by atoms with Gasteiger partial charge in [-0.3, -0.25) is 0 Å². The molecule has 0 aliphatic heterocycles. The molecule has 1 aromatic carbocycles. The van der Waals surface area contributed by atoms with Crippen molar-refractivity contribution >= 4 is 34.2 Å². The largest absolute Gasteiger partial charge is 0.465 e. The predicted octanol–water partition coefficient (Wildman–Crippen LogP) is 1.53. The molecule has 0 radical (unpaired) electrons. The van der Waals surface area contributed by atoms with Crippen LogP contribution in [0.4, 0.5) is 5.69 Å². The number of esters is 1. The fourth-order valence-corrected chi connectivity index (χ4v) is 1.61. The quantitative estimate of drug-likeness (QED) is 0.485. The van der Waals surface area contributed by atoms with Gasteiger partial charge in [0.25, 0.3) is 0 Å². The van der Waals surface area contributed by atoms with Gasteiger partial charge in [0, 0.05) is 3.57 Å². The van der Waals surface area contributed by atoms with E-state index in [1.807, 2.05) is 28.7 Å². The molecule has 5 heteroatoms. The molecule has 0 aliphatic carbocycles. The first kappa shape index (κ1) is 10.8.